The molecule has 0 amide bonds. The van der Waals surface area contributed by atoms with E-state index in [-0.39, 0.29) is 0 Å². The third-order valence-corrected chi connectivity index (χ3v) is 3.09. The fourth-order valence-electron chi connectivity index (χ4n) is 1.40. The van der Waals surface area contributed by atoms with Crippen LogP contribution in [0, 0.1) is 0 Å². The van der Waals surface area contributed by atoms with Gasteiger partial charge in [-0.3, -0.25) is 4.79 Å². The first kappa shape index (κ1) is 13.8. The maximum atomic E-state index is 10.8. The Morgan fingerprint density at radius 2 is 1.88 bits per heavy atom. The highest BCUT2D eigenvalue weighted by atomic mass is 79.9. The molecule has 0 aliphatic heterocycles. The molecular weight excluding hydrogens is 284 g/mol. The van der Waals surface area contributed by atoms with Crippen LogP contribution in [0.1, 0.15) is 18.9 Å². The van der Waals surface area contributed by atoms with Gasteiger partial charge in [0.1, 0.15) is 6.29 Å². The molecule has 0 radical (unpaired) electrons. The fraction of sp³-hybridized carbons (Fsp3) is 0.308. The van der Waals surface area contributed by atoms with Crippen LogP contribution in [0.4, 0.5) is 0 Å². The molecule has 0 aliphatic rings. The number of hydrogen-bond donors (Lipinski definition) is 0. The number of halogens is 1. The van der Waals surface area contributed by atoms with Crippen LogP contribution in [0.5, 0.6) is 11.5 Å². The van der Waals surface area contributed by atoms with Gasteiger partial charge in [-0.2, -0.15) is 0 Å². The molecule has 3 nitrogen and oxygen atoms in total. The molecule has 1 rings (SSSR count). The Kier molecular flexibility index (Phi) is 5.22. The van der Waals surface area contributed by atoms with Crippen molar-refractivity contribution in [3.63, 3.8) is 0 Å². The van der Waals surface area contributed by atoms with Gasteiger partial charge >= 0.3 is 0 Å². The number of benzene rings is 1. The van der Waals surface area contributed by atoms with Gasteiger partial charge in [0.2, 0.25) is 0 Å². The molecule has 0 aliphatic carbocycles. The van der Waals surface area contributed by atoms with Crippen LogP contribution >= 0.6 is 15.9 Å². The summed E-state index contributed by atoms with van der Waals surface area (Å²) in [5.74, 6) is 1.30. The van der Waals surface area contributed by atoms with Crippen LogP contribution in [0.3, 0.4) is 0 Å². The number of rotatable bonds is 5. The van der Waals surface area contributed by atoms with E-state index in [0.29, 0.717) is 17.9 Å². The minimum Gasteiger partial charge on any atom is -0.493 e. The number of aldehydes is 1. The zero-order chi connectivity index (χ0) is 12.8. The lowest BCUT2D eigenvalue weighted by molar-refractivity contribution is -0.104. The Morgan fingerprint density at radius 3 is 2.35 bits per heavy atom. The Hall–Kier alpha value is -1.29. The molecule has 0 bridgehead atoms. The van der Waals surface area contributed by atoms with Crippen LogP contribution in [0.15, 0.2) is 22.2 Å². The standard InChI is InChI=1S/C13H15BrO3/c1-4-9(8-15)5-10-6-12(16-2)13(17-3)7-11(10)14/h5-8H,4H2,1-3H3. The molecule has 0 heterocycles. The summed E-state index contributed by atoms with van der Waals surface area (Å²) in [5, 5.41) is 0. The van der Waals surface area contributed by atoms with Gasteiger partial charge in [0.05, 0.1) is 14.2 Å². The molecule has 1 aromatic rings. The predicted molar refractivity (Wildman–Crippen MR) is 71.6 cm³/mol. The molecule has 0 fully saturated rings. The molecule has 0 saturated carbocycles. The number of ether oxygens (including phenoxy) is 2. The smallest absolute Gasteiger partial charge is 0.161 e. The van der Waals surface area contributed by atoms with Crippen molar-refractivity contribution in [3.8, 4) is 11.5 Å². The Balaban J connectivity index is 3.25. The molecule has 17 heavy (non-hydrogen) atoms. The lowest BCUT2D eigenvalue weighted by atomic mass is 10.1. The van der Waals surface area contributed by atoms with Crippen LogP contribution in [0.25, 0.3) is 6.08 Å². The molecule has 0 spiro atoms. The Labute approximate surface area is 110 Å². The largest absolute Gasteiger partial charge is 0.493 e. The van der Waals surface area contributed by atoms with Crippen molar-refractivity contribution in [2.75, 3.05) is 14.2 Å². The quantitative estimate of drug-likeness (QED) is 0.617. The summed E-state index contributed by atoms with van der Waals surface area (Å²) in [6.45, 7) is 1.94. The topological polar surface area (TPSA) is 35.5 Å². The van der Waals surface area contributed by atoms with Gasteiger partial charge in [0, 0.05) is 4.47 Å². The van der Waals surface area contributed by atoms with Crippen molar-refractivity contribution in [2.24, 2.45) is 0 Å². The molecule has 0 N–H and O–H groups in total. The number of carbonyl (C=O) groups excluding carboxylic acids is 1. The third kappa shape index (κ3) is 3.33. The molecule has 0 unspecified atom stereocenters. The highest BCUT2D eigenvalue weighted by Crippen LogP contribution is 2.34. The van der Waals surface area contributed by atoms with Crippen LogP contribution in [-0.4, -0.2) is 20.5 Å². The Morgan fingerprint density at radius 1 is 1.29 bits per heavy atom. The lowest BCUT2D eigenvalue weighted by Gasteiger charge is -2.10. The van der Waals surface area contributed by atoms with E-state index in [2.05, 4.69) is 15.9 Å². The normalized spacial score (nSPS) is 11.2. The molecule has 0 aromatic heterocycles. The van der Waals surface area contributed by atoms with Crippen molar-refractivity contribution < 1.29 is 14.3 Å². The zero-order valence-electron chi connectivity index (χ0n) is 10.1. The van der Waals surface area contributed by atoms with Crippen molar-refractivity contribution >= 4 is 28.3 Å². The molecule has 1 aromatic carbocycles. The van der Waals surface area contributed by atoms with E-state index in [4.69, 9.17) is 9.47 Å². The first-order valence-corrected chi connectivity index (χ1v) is 6.02. The van der Waals surface area contributed by atoms with E-state index in [9.17, 15) is 4.79 Å². The molecule has 92 valence electrons. The van der Waals surface area contributed by atoms with Gasteiger partial charge < -0.3 is 9.47 Å². The number of hydrogen-bond acceptors (Lipinski definition) is 3. The number of methoxy groups -OCH3 is 2. The van der Waals surface area contributed by atoms with Crippen molar-refractivity contribution in [1.29, 1.82) is 0 Å². The van der Waals surface area contributed by atoms with Crippen LogP contribution in [-0.2, 0) is 4.79 Å². The zero-order valence-corrected chi connectivity index (χ0v) is 11.7. The SMILES string of the molecule is CCC(C=O)=Cc1cc(OC)c(OC)cc1Br. The maximum absolute atomic E-state index is 10.8. The summed E-state index contributed by atoms with van der Waals surface area (Å²) in [7, 11) is 3.17. The molecule has 0 saturated heterocycles. The summed E-state index contributed by atoms with van der Waals surface area (Å²) in [4.78, 5) is 10.8. The van der Waals surface area contributed by atoms with Gasteiger partial charge in [-0.25, -0.2) is 0 Å². The predicted octanol–water partition coefficient (Wildman–Crippen LogP) is 3.46. The lowest BCUT2D eigenvalue weighted by Crippen LogP contribution is -1.92. The second kappa shape index (κ2) is 6.45. The second-order valence-corrected chi connectivity index (χ2v) is 4.27. The fourth-order valence-corrected chi connectivity index (χ4v) is 1.84. The molecular formula is C13H15BrO3. The van der Waals surface area contributed by atoms with Gasteiger partial charge in [-0.05, 0) is 35.8 Å². The van der Waals surface area contributed by atoms with E-state index < -0.39 is 0 Å². The monoisotopic (exact) mass is 298 g/mol. The van der Waals surface area contributed by atoms with Gasteiger partial charge in [-0.1, -0.05) is 22.9 Å². The summed E-state index contributed by atoms with van der Waals surface area (Å²) in [6, 6.07) is 3.66. The minimum absolute atomic E-state index is 0.642. The highest BCUT2D eigenvalue weighted by Gasteiger charge is 2.08. The molecule has 4 heteroatoms. The van der Waals surface area contributed by atoms with Crippen molar-refractivity contribution in [1.82, 2.24) is 0 Å². The third-order valence-electron chi connectivity index (χ3n) is 2.40. The van der Waals surface area contributed by atoms with Crippen molar-refractivity contribution in [2.45, 2.75) is 13.3 Å². The van der Waals surface area contributed by atoms with E-state index in [1.54, 1.807) is 14.2 Å². The number of carbonyl (C=O) groups is 1. The van der Waals surface area contributed by atoms with E-state index in [0.717, 1.165) is 21.9 Å². The van der Waals surface area contributed by atoms with Crippen molar-refractivity contribution in [3.05, 3.63) is 27.7 Å². The maximum Gasteiger partial charge on any atom is 0.161 e. The van der Waals surface area contributed by atoms with Gasteiger partial charge in [0.15, 0.2) is 11.5 Å². The summed E-state index contributed by atoms with van der Waals surface area (Å²) >= 11 is 3.44. The van der Waals surface area contributed by atoms with E-state index >= 15 is 0 Å². The molecule has 0 atom stereocenters. The first-order valence-electron chi connectivity index (χ1n) is 5.23. The minimum atomic E-state index is 0.642. The Bertz CT molecular complexity index is 439. The second-order valence-electron chi connectivity index (χ2n) is 3.42. The summed E-state index contributed by atoms with van der Waals surface area (Å²) < 4.78 is 11.3. The van der Waals surface area contributed by atoms with Gasteiger partial charge in [0.25, 0.3) is 0 Å². The van der Waals surface area contributed by atoms with Gasteiger partial charge in [-0.15, -0.1) is 0 Å². The van der Waals surface area contributed by atoms with E-state index in [1.807, 2.05) is 25.1 Å². The van der Waals surface area contributed by atoms with Crippen LogP contribution in [0.2, 0.25) is 0 Å². The summed E-state index contributed by atoms with van der Waals surface area (Å²) in [5.41, 5.74) is 1.63. The first-order chi connectivity index (χ1) is 8.15. The van der Waals surface area contributed by atoms with E-state index in [1.165, 1.54) is 0 Å². The average Bonchev–Trinajstić information content (AvgIpc) is 2.36. The van der Waals surface area contributed by atoms with Crippen LogP contribution < -0.4 is 9.47 Å². The highest BCUT2D eigenvalue weighted by molar-refractivity contribution is 9.10. The average molecular weight is 299 g/mol. The summed E-state index contributed by atoms with van der Waals surface area (Å²) in [6.07, 6.45) is 3.40. The number of allylic oxidation sites excluding steroid dienone is 1.